The fourth-order valence-electron chi connectivity index (χ4n) is 0.625. The largest absolute Gasteiger partial charge is 0.338 e. The van der Waals surface area contributed by atoms with E-state index in [1.165, 1.54) is 0 Å². The van der Waals surface area contributed by atoms with Gasteiger partial charge in [-0.1, -0.05) is 12.1 Å². The van der Waals surface area contributed by atoms with Crippen molar-refractivity contribution in [1.82, 2.24) is 10.1 Å². The average molecular weight is 173 g/mol. The van der Waals surface area contributed by atoms with E-state index in [1.54, 1.807) is 11.8 Å². The third-order valence-corrected chi connectivity index (χ3v) is 1.99. The molecule has 4 nitrogen and oxygen atoms in total. The van der Waals surface area contributed by atoms with E-state index in [1.807, 2.05) is 0 Å². The minimum absolute atomic E-state index is 0.323. The predicted molar refractivity (Wildman–Crippen MR) is 44.0 cm³/mol. The number of thioether (sulfide) groups is 1. The normalized spacial score (nSPS) is 10.4. The van der Waals surface area contributed by atoms with Crippen molar-refractivity contribution in [3.05, 3.63) is 11.7 Å². The zero-order chi connectivity index (χ0) is 8.10. The highest BCUT2D eigenvalue weighted by Crippen LogP contribution is 2.07. The predicted octanol–water partition coefficient (Wildman–Crippen LogP) is 0.781. The van der Waals surface area contributed by atoms with Crippen molar-refractivity contribution in [3.63, 3.8) is 0 Å². The molecule has 0 bridgehead atoms. The lowest BCUT2D eigenvalue weighted by Gasteiger charge is -1.87. The van der Waals surface area contributed by atoms with Crippen molar-refractivity contribution in [2.75, 3.05) is 5.75 Å². The number of rotatable bonds is 4. The summed E-state index contributed by atoms with van der Waals surface area (Å²) in [5.74, 6) is 3.11. The van der Waals surface area contributed by atoms with Gasteiger partial charge in [0.1, 0.15) is 0 Å². The van der Waals surface area contributed by atoms with Crippen LogP contribution in [0.25, 0.3) is 0 Å². The van der Waals surface area contributed by atoms with Crippen LogP contribution in [-0.2, 0) is 12.3 Å². The molecule has 0 atom stereocenters. The molecule has 1 heterocycles. The van der Waals surface area contributed by atoms with Gasteiger partial charge in [0.05, 0.1) is 12.3 Å². The van der Waals surface area contributed by atoms with E-state index in [2.05, 4.69) is 17.1 Å². The van der Waals surface area contributed by atoms with Crippen LogP contribution in [-0.4, -0.2) is 15.9 Å². The lowest BCUT2D eigenvalue weighted by atomic mass is 10.6. The van der Waals surface area contributed by atoms with E-state index >= 15 is 0 Å². The van der Waals surface area contributed by atoms with Crippen LogP contribution in [0.3, 0.4) is 0 Å². The maximum Gasteiger partial charge on any atom is 0.240 e. The molecule has 0 saturated carbocycles. The molecule has 0 spiro atoms. The molecule has 0 saturated heterocycles. The molecule has 0 unspecified atom stereocenters. The fraction of sp³-hybridized carbons (Fsp3) is 0.667. The summed E-state index contributed by atoms with van der Waals surface area (Å²) in [6, 6.07) is 0. The van der Waals surface area contributed by atoms with Crippen molar-refractivity contribution in [2.45, 2.75) is 19.2 Å². The molecule has 11 heavy (non-hydrogen) atoms. The van der Waals surface area contributed by atoms with Gasteiger partial charge in [-0.3, -0.25) is 0 Å². The van der Waals surface area contributed by atoms with Crippen molar-refractivity contribution in [1.29, 1.82) is 0 Å². The van der Waals surface area contributed by atoms with Gasteiger partial charge in [-0.15, -0.1) is 0 Å². The summed E-state index contributed by atoms with van der Waals surface area (Å²) in [7, 11) is 0. The standard InChI is InChI=1S/C6H11N3OS/c1-2-11-4-5-8-6(3-7)10-9-5/h2-4,7H2,1H3. The van der Waals surface area contributed by atoms with Crippen molar-refractivity contribution in [3.8, 4) is 0 Å². The van der Waals surface area contributed by atoms with Gasteiger partial charge in [-0.2, -0.15) is 16.7 Å². The zero-order valence-corrected chi connectivity index (χ0v) is 7.23. The SMILES string of the molecule is CCSCc1noc(CN)n1. The summed E-state index contributed by atoms with van der Waals surface area (Å²) >= 11 is 1.76. The minimum atomic E-state index is 0.323. The van der Waals surface area contributed by atoms with Crippen LogP contribution in [0, 0.1) is 0 Å². The quantitative estimate of drug-likeness (QED) is 0.729. The van der Waals surface area contributed by atoms with Gasteiger partial charge in [-0.25, -0.2) is 0 Å². The molecule has 0 radical (unpaired) electrons. The number of nitrogens with zero attached hydrogens (tertiary/aromatic N) is 2. The van der Waals surface area contributed by atoms with Gasteiger partial charge < -0.3 is 10.3 Å². The molecule has 0 aliphatic heterocycles. The van der Waals surface area contributed by atoms with Gasteiger partial charge in [0.2, 0.25) is 5.89 Å². The first-order chi connectivity index (χ1) is 5.36. The van der Waals surface area contributed by atoms with Crippen LogP contribution in [0.4, 0.5) is 0 Å². The molecule has 1 aromatic rings. The van der Waals surface area contributed by atoms with Crippen LogP contribution in [0.1, 0.15) is 18.6 Å². The maximum atomic E-state index is 5.29. The Labute approximate surface area is 69.5 Å². The minimum Gasteiger partial charge on any atom is -0.338 e. The summed E-state index contributed by atoms with van der Waals surface area (Å²) in [5, 5.41) is 3.74. The highest BCUT2D eigenvalue weighted by Gasteiger charge is 2.02. The van der Waals surface area contributed by atoms with Gasteiger partial charge in [-0.05, 0) is 5.75 Å². The summed E-state index contributed by atoms with van der Waals surface area (Å²) in [4.78, 5) is 4.04. The molecule has 0 aromatic carbocycles. The molecule has 0 aliphatic carbocycles. The Kier molecular flexibility index (Phi) is 3.38. The monoisotopic (exact) mass is 173 g/mol. The number of hydrogen-bond acceptors (Lipinski definition) is 5. The molecular weight excluding hydrogens is 162 g/mol. The Morgan fingerprint density at radius 1 is 1.64 bits per heavy atom. The molecule has 0 aliphatic rings. The second kappa shape index (κ2) is 4.35. The highest BCUT2D eigenvalue weighted by atomic mass is 32.2. The first-order valence-electron chi connectivity index (χ1n) is 3.46. The molecule has 5 heteroatoms. The number of nitrogens with two attached hydrogens (primary N) is 1. The molecule has 1 rings (SSSR count). The fourth-order valence-corrected chi connectivity index (χ4v) is 1.13. The summed E-state index contributed by atoms with van der Waals surface area (Å²) in [6.45, 7) is 2.42. The summed E-state index contributed by atoms with van der Waals surface area (Å²) in [6.07, 6.45) is 0. The smallest absolute Gasteiger partial charge is 0.240 e. The maximum absolute atomic E-state index is 5.29. The van der Waals surface area contributed by atoms with E-state index in [9.17, 15) is 0 Å². The van der Waals surface area contributed by atoms with E-state index in [-0.39, 0.29) is 0 Å². The van der Waals surface area contributed by atoms with Crippen LogP contribution in [0.15, 0.2) is 4.52 Å². The van der Waals surface area contributed by atoms with Gasteiger partial charge in [0.15, 0.2) is 5.82 Å². The summed E-state index contributed by atoms with van der Waals surface area (Å²) < 4.78 is 4.81. The van der Waals surface area contributed by atoms with Crippen molar-refractivity contribution < 1.29 is 4.52 Å². The van der Waals surface area contributed by atoms with Crippen LogP contribution in [0.5, 0.6) is 0 Å². The van der Waals surface area contributed by atoms with Crippen LogP contribution in [0.2, 0.25) is 0 Å². The molecule has 1 aromatic heterocycles. The van der Waals surface area contributed by atoms with Crippen molar-refractivity contribution >= 4 is 11.8 Å². The van der Waals surface area contributed by atoms with E-state index in [0.29, 0.717) is 12.4 Å². The number of hydrogen-bond donors (Lipinski definition) is 1. The third-order valence-electron chi connectivity index (χ3n) is 1.12. The lowest BCUT2D eigenvalue weighted by Crippen LogP contribution is -1.96. The first kappa shape index (κ1) is 8.55. The Morgan fingerprint density at radius 2 is 2.45 bits per heavy atom. The van der Waals surface area contributed by atoms with Crippen molar-refractivity contribution in [2.24, 2.45) is 5.73 Å². The Morgan fingerprint density at radius 3 is 3.00 bits per heavy atom. The van der Waals surface area contributed by atoms with Gasteiger partial charge in [0, 0.05) is 0 Å². The molecular formula is C6H11N3OS. The van der Waals surface area contributed by atoms with Crippen LogP contribution >= 0.6 is 11.8 Å². The van der Waals surface area contributed by atoms with E-state index in [4.69, 9.17) is 10.3 Å². The molecule has 0 fully saturated rings. The second-order valence-corrected chi connectivity index (χ2v) is 3.22. The van der Waals surface area contributed by atoms with E-state index < -0.39 is 0 Å². The summed E-state index contributed by atoms with van der Waals surface area (Å²) in [5.41, 5.74) is 5.29. The Hall–Kier alpha value is -0.550. The van der Waals surface area contributed by atoms with Gasteiger partial charge in [0.25, 0.3) is 0 Å². The van der Waals surface area contributed by atoms with Crippen LogP contribution < -0.4 is 5.73 Å². The second-order valence-electron chi connectivity index (χ2n) is 1.95. The zero-order valence-electron chi connectivity index (χ0n) is 6.41. The topological polar surface area (TPSA) is 64.9 Å². The Balaban J connectivity index is 2.44. The molecule has 2 N–H and O–H groups in total. The molecule has 62 valence electrons. The molecule has 0 amide bonds. The van der Waals surface area contributed by atoms with E-state index in [0.717, 1.165) is 17.3 Å². The number of aromatic nitrogens is 2. The lowest BCUT2D eigenvalue weighted by molar-refractivity contribution is 0.376. The van der Waals surface area contributed by atoms with Gasteiger partial charge >= 0.3 is 0 Å². The first-order valence-corrected chi connectivity index (χ1v) is 4.61. The average Bonchev–Trinajstić information content (AvgIpc) is 2.48. The Bertz CT molecular complexity index is 213. The highest BCUT2D eigenvalue weighted by molar-refractivity contribution is 7.98. The third kappa shape index (κ3) is 2.51.